The molecule has 3 N–H and O–H groups in total. The topological polar surface area (TPSA) is 96.5 Å². The third kappa shape index (κ3) is 6.25. The van der Waals surface area contributed by atoms with Crippen LogP contribution in [0.5, 0.6) is 0 Å². The van der Waals surface area contributed by atoms with Crippen LogP contribution in [0.15, 0.2) is 0 Å². The predicted molar refractivity (Wildman–Crippen MR) is 75.9 cm³/mol. The highest BCUT2D eigenvalue weighted by molar-refractivity contribution is 8.00. The van der Waals surface area contributed by atoms with E-state index in [4.69, 9.17) is 4.74 Å². The second kappa shape index (κ2) is 8.80. The van der Waals surface area contributed by atoms with E-state index >= 15 is 0 Å². The van der Waals surface area contributed by atoms with Crippen LogP contribution in [0.4, 0.5) is 0 Å². The lowest BCUT2D eigenvalue weighted by atomic mass is 10.1. The number of esters is 1. The lowest BCUT2D eigenvalue weighted by Crippen LogP contribution is -2.54. The Kier molecular flexibility index (Phi) is 7.38. The molecule has 1 aliphatic rings. The molecule has 0 aromatic heterocycles. The molecule has 0 aromatic rings. The van der Waals surface area contributed by atoms with Crippen molar-refractivity contribution in [3.8, 4) is 0 Å². The van der Waals surface area contributed by atoms with E-state index in [2.05, 4.69) is 16.0 Å². The van der Waals surface area contributed by atoms with Crippen LogP contribution in [0, 0.1) is 0 Å². The van der Waals surface area contributed by atoms with Gasteiger partial charge in [-0.15, -0.1) is 11.8 Å². The van der Waals surface area contributed by atoms with Crippen LogP contribution in [0.1, 0.15) is 26.7 Å². The molecule has 0 radical (unpaired) electrons. The van der Waals surface area contributed by atoms with Gasteiger partial charge in [-0.2, -0.15) is 0 Å². The number of carbonyl (C=O) groups is 3. The van der Waals surface area contributed by atoms with Crippen molar-refractivity contribution in [2.45, 2.75) is 38.2 Å². The van der Waals surface area contributed by atoms with Crippen LogP contribution < -0.4 is 16.0 Å². The molecular formula is C12H21N3O4S. The Balaban J connectivity index is 2.23. The normalized spacial score (nSPS) is 22.0. The molecule has 20 heavy (non-hydrogen) atoms. The summed E-state index contributed by atoms with van der Waals surface area (Å²) in [5.74, 6) is -0.577. The average Bonchev–Trinajstić information content (AvgIpc) is 2.42. The number of rotatable bonds is 7. The van der Waals surface area contributed by atoms with Crippen LogP contribution in [0.25, 0.3) is 0 Å². The van der Waals surface area contributed by atoms with E-state index in [1.807, 2.05) is 6.92 Å². The molecule has 2 atom stereocenters. The van der Waals surface area contributed by atoms with E-state index in [0.29, 0.717) is 13.0 Å². The smallest absolute Gasteiger partial charge is 0.325 e. The number of nitrogens with one attached hydrogen (secondary N) is 3. The van der Waals surface area contributed by atoms with Crippen molar-refractivity contribution in [3.05, 3.63) is 0 Å². The Morgan fingerprint density at radius 1 is 1.45 bits per heavy atom. The molecule has 2 unspecified atom stereocenters. The van der Waals surface area contributed by atoms with Crippen molar-refractivity contribution in [3.63, 3.8) is 0 Å². The van der Waals surface area contributed by atoms with Crippen LogP contribution in [0.3, 0.4) is 0 Å². The summed E-state index contributed by atoms with van der Waals surface area (Å²) in [6, 6.07) is 0.142. The maximum Gasteiger partial charge on any atom is 0.325 e. The molecule has 1 fully saturated rings. The Morgan fingerprint density at radius 2 is 2.20 bits per heavy atom. The summed E-state index contributed by atoms with van der Waals surface area (Å²) in [6.45, 7) is 3.87. The molecule has 0 saturated carbocycles. The van der Waals surface area contributed by atoms with Crippen molar-refractivity contribution < 1.29 is 19.1 Å². The third-order valence-corrected chi connectivity index (χ3v) is 3.74. The minimum Gasteiger partial charge on any atom is -0.465 e. The predicted octanol–water partition coefficient (Wildman–Crippen LogP) is -0.429. The molecule has 114 valence electrons. The SMILES string of the molecule is CCOC(=O)CNC(=O)CSC1NC(=O)CC(CC)N1. The monoisotopic (exact) mass is 303 g/mol. The summed E-state index contributed by atoms with van der Waals surface area (Å²) in [6.07, 6.45) is 1.32. The second-order valence-electron chi connectivity index (χ2n) is 4.32. The maximum absolute atomic E-state index is 11.5. The highest BCUT2D eigenvalue weighted by Gasteiger charge is 2.25. The van der Waals surface area contributed by atoms with E-state index in [9.17, 15) is 14.4 Å². The number of ether oxygens (including phenoxy) is 1. The molecule has 8 heteroatoms. The Bertz CT molecular complexity index is 365. The Morgan fingerprint density at radius 3 is 2.85 bits per heavy atom. The van der Waals surface area contributed by atoms with E-state index in [0.717, 1.165) is 6.42 Å². The van der Waals surface area contributed by atoms with Crippen LogP contribution >= 0.6 is 11.8 Å². The summed E-state index contributed by atoms with van der Waals surface area (Å²) in [5, 5.41) is 8.46. The van der Waals surface area contributed by atoms with Crippen LogP contribution in [0.2, 0.25) is 0 Å². The van der Waals surface area contributed by atoms with Crippen molar-refractivity contribution in [1.82, 2.24) is 16.0 Å². The molecule has 7 nitrogen and oxygen atoms in total. The highest BCUT2D eigenvalue weighted by atomic mass is 32.2. The van der Waals surface area contributed by atoms with Gasteiger partial charge >= 0.3 is 5.97 Å². The number of carbonyl (C=O) groups excluding carboxylic acids is 3. The Hall–Kier alpha value is -1.28. The maximum atomic E-state index is 11.5. The van der Waals surface area contributed by atoms with Gasteiger partial charge < -0.3 is 15.4 Å². The van der Waals surface area contributed by atoms with Gasteiger partial charge in [0, 0.05) is 12.5 Å². The largest absolute Gasteiger partial charge is 0.465 e. The van der Waals surface area contributed by atoms with E-state index in [1.54, 1.807) is 6.92 Å². The minimum atomic E-state index is -0.457. The zero-order chi connectivity index (χ0) is 15.0. The number of hydrogen-bond acceptors (Lipinski definition) is 6. The van der Waals surface area contributed by atoms with Gasteiger partial charge in [0.25, 0.3) is 0 Å². The molecule has 1 aliphatic heterocycles. The first-order valence-electron chi connectivity index (χ1n) is 6.64. The van der Waals surface area contributed by atoms with Gasteiger partial charge in [-0.1, -0.05) is 6.92 Å². The molecule has 0 aromatic carbocycles. The first-order valence-corrected chi connectivity index (χ1v) is 7.69. The van der Waals surface area contributed by atoms with E-state index in [-0.39, 0.29) is 35.7 Å². The third-order valence-electron chi connectivity index (χ3n) is 2.72. The number of amides is 2. The number of hydrogen-bond donors (Lipinski definition) is 3. The van der Waals surface area contributed by atoms with Gasteiger partial charge in [-0.3, -0.25) is 19.7 Å². The summed E-state index contributed by atoms with van der Waals surface area (Å²) >= 11 is 1.29. The van der Waals surface area contributed by atoms with Crippen LogP contribution in [-0.4, -0.2) is 48.2 Å². The van der Waals surface area contributed by atoms with E-state index in [1.165, 1.54) is 11.8 Å². The van der Waals surface area contributed by atoms with Gasteiger partial charge in [0.1, 0.15) is 12.0 Å². The first kappa shape index (κ1) is 16.8. The lowest BCUT2D eigenvalue weighted by molar-refractivity contribution is -0.143. The average molecular weight is 303 g/mol. The molecule has 1 rings (SSSR count). The second-order valence-corrected chi connectivity index (χ2v) is 5.41. The van der Waals surface area contributed by atoms with Crippen molar-refractivity contribution in [2.75, 3.05) is 18.9 Å². The molecular weight excluding hydrogens is 282 g/mol. The fourth-order valence-electron chi connectivity index (χ4n) is 1.69. The summed E-state index contributed by atoms with van der Waals surface area (Å²) in [4.78, 5) is 34.1. The summed E-state index contributed by atoms with van der Waals surface area (Å²) < 4.78 is 4.70. The Labute approximate surface area is 122 Å². The fraction of sp³-hybridized carbons (Fsp3) is 0.750. The molecule has 1 heterocycles. The summed E-state index contributed by atoms with van der Waals surface area (Å²) in [7, 11) is 0. The van der Waals surface area contributed by atoms with Crippen LogP contribution in [-0.2, 0) is 19.1 Å². The van der Waals surface area contributed by atoms with E-state index < -0.39 is 5.97 Å². The zero-order valence-corrected chi connectivity index (χ0v) is 12.5. The van der Waals surface area contributed by atoms with Crippen molar-refractivity contribution >= 4 is 29.5 Å². The van der Waals surface area contributed by atoms with Gasteiger partial charge in [0.05, 0.1) is 12.4 Å². The fourth-order valence-corrected chi connectivity index (χ4v) is 2.61. The van der Waals surface area contributed by atoms with Crippen molar-refractivity contribution in [2.24, 2.45) is 0 Å². The highest BCUT2D eigenvalue weighted by Crippen LogP contribution is 2.13. The molecule has 0 aliphatic carbocycles. The molecule has 0 bridgehead atoms. The lowest BCUT2D eigenvalue weighted by Gasteiger charge is -2.30. The van der Waals surface area contributed by atoms with Crippen molar-refractivity contribution in [1.29, 1.82) is 0 Å². The van der Waals surface area contributed by atoms with Gasteiger partial charge in [-0.05, 0) is 13.3 Å². The van der Waals surface area contributed by atoms with Gasteiger partial charge in [0.15, 0.2) is 0 Å². The number of thioether (sulfide) groups is 1. The quantitative estimate of drug-likeness (QED) is 0.552. The summed E-state index contributed by atoms with van der Waals surface area (Å²) in [5.41, 5.74) is -0.269. The standard InChI is InChI=1S/C12H21N3O4S/c1-3-8-5-9(16)15-12(14-8)20-7-10(17)13-6-11(18)19-4-2/h8,12,14H,3-7H2,1-2H3,(H,13,17)(H,15,16). The van der Waals surface area contributed by atoms with Gasteiger partial charge in [-0.25, -0.2) is 0 Å². The zero-order valence-electron chi connectivity index (χ0n) is 11.7. The van der Waals surface area contributed by atoms with Gasteiger partial charge in [0.2, 0.25) is 11.8 Å². The molecule has 0 spiro atoms. The molecule has 1 saturated heterocycles. The first-order chi connectivity index (χ1) is 9.55. The molecule has 2 amide bonds. The minimum absolute atomic E-state index is 0.0139.